The van der Waals surface area contributed by atoms with Crippen molar-refractivity contribution >= 4 is 34.5 Å². The molecule has 0 aliphatic rings. The molecule has 3 aromatic rings. The highest BCUT2D eigenvalue weighted by Crippen LogP contribution is 2.40. The first-order valence-corrected chi connectivity index (χ1v) is 9.49. The lowest BCUT2D eigenvalue weighted by atomic mass is 9.94. The van der Waals surface area contributed by atoms with E-state index in [4.69, 9.17) is 21.1 Å². The van der Waals surface area contributed by atoms with Gasteiger partial charge in [-0.05, 0) is 49.4 Å². The number of esters is 1. The van der Waals surface area contributed by atoms with Gasteiger partial charge in [-0.2, -0.15) is 13.2 Å². The van der Waals surface area contributed by atoms with E-state index in [0.717, 1.165) is 18.2 Å². The molecule has 5 nitrogen and oxygen atoms in total. The number of halogens is 4. The molecule has 0 aliphatic carbocycles. The Balaban J connectivity index is 2.43. The van der Waals surface area contributed by atoms with Crippen molar-refractivity contribution in [2.45, 2.75) is 13.1 Å². The molecule has 0 saturated carbocycles. The third kappa shape index (κ3) is 4.74. The molecule has 2 aromatic carbocycles. The van der Waals surface area contributed by atoms with Crippen LogP contribution in [0.1, 0.15) is 18.1 Å². The van der Waals surface area contributed by atoms with E-state index < -0.39 is 23.3 Å². The summed E-state index contributed by atoms with van der Waals surface area (Å²) in [7, 11) is 1.39. The van der Waals surface area contributed by atoms with Gasteiger partial charge in [0.1, 0.15) is 5.75 Å². The number of rotatable bonds is 5. The second-order valence-corrected chi connectivity index (χ2v) is 6.87. The highest BCUT2D eigenvalue weighted by Gasteiger charge is 2.31. The molecular weight excluding hydrogens is 435 g/mol. The van der Waals surface area contributed by atoms with E-state index in [2.05, 4.69) is 4.98 Å². The molecule has 1 N–H and O–H groups in total. The summed E-state index contributed by atoms with van der Waals surface area (Å²) < 4.78 is 50.3. The van der Waals surface area contributed by atoms with Gasteiger partial charge < -0.3 is 14.5 Å². The summed E-state index contributed by atoms with van der Waals surface area (Å²) in [6.07, 6.45) is -2.36. The molecule has 0 aliphatic heterocycles. The minimum absolute atomic E-state index is 0.0413. The summed E-state index contributed by atoms with van der Waals surface area (Å²) in [5, 5.41) is 0.398. The molecule has 0 bridgehead atoms. The molecule has 1 heterocycles. The van der Waals surface area contributed by atoms with E-state index >= 15 is 0 Å². The lowest BCUT2D eigenvalue weighted by Crippen LogP contribution is -2.13. The number of carbonyl (C=O) groups is 1. The second kappa shape index (κ2) is 8.85. The van der Waals surface area contributed by atoms with Crippen LogP contribution in [0.3, 0.4) is 0 Å². The van der Waals surface area contributed by atoms with Crippen LogP contribution in [0.25, 0.3) is 28.1 Å². The Hall–Kier alpha value is -3.26. The van der Waals surface area contributed by atoms with Crippen molar-refractivity contribution in [2.24, 2.45) is 0 Å². The second-order valence-electron chi connectivity index (χ2n) is 6.43. The number of hydrogen-bond donors (Lipinski definition) is 1. The number of alkyl halides is 3. The number of H-pyrrole nitrogens is 1. The average Bonchev–Trinajstić information content (AvgIpc) is 2.71. The minimum atomic E-state index is -4.60. The Kier molecular flexibility index (Phi) is 6.40. The molecule has 3 rings (SSSR count). The molecule has 31 heavy (non-hydrogen) atoms. The van der Waals surface area contributed by atoms with Gasteiger partial charge in [-0.3, -0.25) is 4.79 Å². The zero-order valence-electron chi connectivity index (χ0n) is 16.5. The summed E-state index contributed by atoms with van der Waals surface area (Å²) >= 11 is 6.13. The summed E-state index contributed by atoms with van der Waals surface area (Å²) in [6.45, 7) is 1.75. The van der Waals surface area contributed by atoms with Crippen molar-refractivity contribution in [1.82, 2.24) is 4.98 Å². The van der Waals surface area contributed by atoms with Crippen molar-refractivity contribution in [3.05, 3.63) is 69.0 Å². The number of methoxy groups -OCH3 is 1. The van der Waals surface area contributed by atoms with Gasteiger partial charge in [0, 0.05) is 38.7 Å². The molecule has 0 spiro atoms. The molecule has 162 valence electrons. The normalized spacial score (nSPS) is 11.8. The number of nitrogens with one attached hydrogen (secondary N) is 1. The largest absolute Gasteiger partial charge is 0.496 e. The first kappa shape index (κ1) is 22.4. The monoisotopic (exact) mass is 451 g/mol. The molecule has 0 fully saturated rings. The molecule has 1 aromatic heterocycles. The summed E-state index contributed by atoms with van der Waals surface area (Å²) in [6, 6.07) is 7.56. The SMILES string of the molecule is CCOC(=O)/C=C/c1c(-c2cc(Cl)ccc2OC)c2cc(C(F)(F)F)ccc2[nH]c1=O. The number of ether oxygens (including phenoxy) is 2. The van der Waals surface area contributed by atoms with Crippen LogP contribution in [0.15, 0.2) is 47.3 Å². The van der Waals surface area contributed by atoms with E-state index in [-0.39, 0.29) is 33.7 Å². The maximum atomic E-state index is 13.4. The summed E-state index contributed by atoms with van der Waals surface area (Å²) in [5.41, 5.74) is -0.915. The van der Waals surface area contributed by atoms with E-state index in [0.29, 0.717) is 11.3 Å². The number of carbonyl (C=O) groups excluding carboxylic acids is 1. The van der Waals surface area contributed by atoms with Crippen LogP contribution in [0.2, 0.25) is 5.02 Å². The maximum absolute atomic E-state index is 13.4. The fourth-order valence-corrected chi connectivity index (χ4v) is 3.32. The lowest BCUT2D eigenvalue weighted by Gasteiger charge is -2.16. The standard InChI is InChI=1S/C22H17ClF3NO4/c1-3-31-19(28)9-6-14-20(16-11-13(23)5-8-18(16)30-2)15-10-12(22(24,25)26)4-7-17(15)27-21(14)29/h4-11H,3H2,1-2H3,(H,27,29)/b9-6+. The van der Waals surface area contributed by atoms with E-state index in [1.165, 1.54) is 31.4 Å². The zero-order valence-corrected chi connectivity index (χ0v) is 17.2. The van der Waals surface area contributed by atoms with E-state index in [1.807, 2.05) is 0 Å². The van der Waals surface area contributed by atoms with Crippen LogP contribution in [0.5, 0.6) is 5.75 Å². The Morgan fingerprint density at radius 2 is 1.94 bits per heavy atom. The predicted octanol–water partition coefficient (Wildman–Crippen LogP) is 5.45. The van der Waals surface area contributed by atoms with Crippen LogP contribution in [-0.2, 0) is 15.7 Å². The summed E-state index contributed by atoms with van der Waals surface area (Å²) in [5.74, 6) is -0.408. The molecule has 0 saturated heterocycles. The Bertz CT molecular complexity index is 1230. The number of aromatic amines is 1. The topological polar surface area (TPSA) is 68.4 Å². The van der Waals surface area contributed by atoms with Crippen LogP contribution in [0, 0.1) is 0 Å². The molecule has 9 heteroatoms. The molecule has 0 radical (unpaired) electrons. The van der Waals surface area contributed by atoms with Crippen LogP contribution < -0.4 is 10.3 Å². The number of fused-ring (bicyclic) bond motifs is 1. The van der Waals surface area contributed by atoms with Crippen molar-refractivity contribution < 1.29 is 27.4 Å². The van der Waals surface area contributed by atoms with Crippen LogP contribution in [0.4, 0.5) is 13.2 Å². The first-order valence-electron chi connectivity index (χ1n) is 9.11. The number of pyridine rings is 1. The number of aromatic nitrogens is 1. The van der Waals surface area contributed by atoms with Gasteiger partial charge in [0.2, 0.25) is 0 Å². The Labute approximate surface area is 180 Å². The predicted molar refractivity (Wildman–Crippen MR) is 112 cm³/mol. The van der Waals surface area contributed by atoms with Crippen molar-refractivity contribution in [2.75, 3.05) is 13.7 Å². The van der Waals surface area contributed by atoms with Gasteiger partial charge in [0.15, 0.2) is 0 Å². The van der Waals surface area contributed by atoms with Crippen LogP contribution >= 0.6 is 11.6 Å². The molecule has 0 amide bonds. The van der Waals surface area contributed by atoms with Crippen LogP contribution in [-0.4, -0.2) is 24.7 Å². The van der Waals surface area contributed by atoms with Gasteiger partial charge in [-0.15, -0.1) is 0 Å². The summed E-state index contributed by atoms with van der Waals surface area (Å²) in [4.78, 5) is 27.2. The maximum Gasteiger partial charge on any atom is 0.416 e. The minimum Gasteiger partial charge on any atom is -0.496 e. The molecule has 0 atom stereocenters. The van der Waals surface area contributed by atoms with Gasteiger partial charge in [0.05, 0.1) is 19.3 Å². The third-order valence-corrected chi connectivity index (χ3v) is 4.72. The molecule has 0 unspecified atom stereocenters. The van der Waals surface area contributed by atoms with Gasteiger partial charge in [0.25, 0.3) is 5.56 Å². The van der Waals surface area contributed by atoms with Crippen molar-refractivity contribution in [3.8, 4) is 16.9 Å². The number of hydrogen-bond acceptors (Lipinski definition) is 4. The smallest absolute Gasteiger partial charge is 0.416 e. The highest BCUT2D eigenvalue weighted by atomic mass is 35.5. The zero-order chi connectivity index (χ0) is 22.8. The van der Waals surface area contributed by atoms with Crippen molar-refractivity contribution in [3.63, 3.8) is 0 Å². The first-order chi connectivity index (χ1) is 14.7. The Morgan fingerprint density at radius 3 is 2.58 bits per heavy atom. The Morgan fingerprint density at radius 1 is 1.19 bits per heavy atom. The average molecular weight is 452 g/mol. The fraction of sp³-hybridized carbons (Fsp3) is 0.182. The van der Waals surface area contributed by atoms with E-state index in [9.17, 15) is 22.8 Å². The van der Waals surface area contributed by atoms with E-state index in [1.54, 1.807) is 13.0 Å². The van der Waals surface area contributed by atoms with Gasteiger partial charge >= 0.3 is 12.1 Å². The lowest BCUT2D eigenvalue weighted by molar-refractivity contribution is -0.138. The van der Waals surface area contributed by atoms with Gasteiger partial charge in [-0.25, -0.2) is 4.79 Å². The third-order valence-electron chi connectivity index (χ3n) is 4.48. The fourth-order valence-electron chi connectivity index (χ4n) is 3.15. The quantitative estimate of drug-likeness (QED) is 0.413. The highest BCUT2D eigenvalue weighted by molar-refractivity contribution is 6.31. The molecular formula is C22H17ClF3NO4. The van der Waals surface area contributed by atoms with Gasteiger partial charge in [-0.1, -0.05) is 11.6 Å². The van der Waals surface area contributed by atoms with Crippen molar-refractivity contribution in [1.29, 1.82) is 0 Å². The number of benzene rings is 2.